The first-order chi connectivity index (χ1) is 18.2. The van der Waals surface area contributed by atoms with Gasteiger partial charge in [0.2, 0.25) is 5.91 Å². The number of rotatable bonds is 12. The molecule has 3 aromatic carbocycles. The fourth-order valence-corrected chi connectivity index (χ4v) is 4.92. The fourth-order valence-electron chi connectivity index (χ4n) is 3.47. The van der Waals surface area contributed by atoms with Gasteiger partial charge in [0.05, 0.1) is 37.0 Å². The smallest absolute Gasteiger partial charge is 0.338 e. The second kappa shape index (κ2) is 12.9. The molecule has 1 N–H and O–H groups in total. The number of amides is 1. The molecule has 0 aliphatic carbocycles. The van der Waals surface area contributed by atoms with Crippen molar-refractivity contribution in [3.05, 3.63) is 78.1 Å². The number of anilines is 2. The molecular formula is C27H29FN2O7S. The Hall–Kier alpha value is -4.12. The highest BCUT2D eigenvalue weighted by Gasteiger charge is 2.30. The number of unbranched alkanes of at least 4 members (excludes halogenated alkanes) is 1. The topological polar surface area (TPSA) is 111 Å². The molecule has 0 radical (unpaired) electrons. The summed E-state index contributed by atoms with van der Waals surface area (Å²) in [5, 5.41) is 2.58. The van der Waals surface area contributed by atoms with Crippen molar-refractivity contribution in [1.29, 1.82) is 0 Å². The van der Waals surface area contributed by atoms with Gasteiger partial charge in [-0.05, 0) is 55.0 Å². The van der Waals surface area contributed by atoms with Crippen LogP contribution in [0.2, 0.25) is 0 Å². The number of para-hydroxylation sites is 1. The fraction of sp³-hybridized carbons (Fsp3) is 0.259. The molecule has 1 amide bonds. The van der Waals surface area contributed by atoms with Crippen molar-refractivity contribution in [2.24, 2.45) is 0 Å². The summed E-state index contributed by atoms with van der Waals surface area (Å²) >= 11 is 0. The van der Waals surface area contributed by atoms with Crippen molar-refractivity contribution in [2.75, 3.05) is 37.0 Å². The Morgan fingerprint density at radius 3 is 2.26 bits per heavy atom. The maximum Gasteiger partial charge on any atom is 0.338 e. The summed E-state index contributed by atoms with van der Waals surface area (Å²) in [7, 11) is -1.65. The molecule has 0 aliphatic heterocycles. The van der Waals surface area contributed by atoms with Crippen LogP contribution in [0.4, 0.5) is 15.8 Å². The quantitative estimate of drug-likeness (QED) is 0.261. The zero-order valence-electron chi connectivity index (χ0n) is 21.3. The van der Waals surface area contributed by atoms with E-state index in [0.717, 1.165) is 18.9 Å². The average molecular weight is 545 g/mol. The second-order valence-electron chi connectivity index (χ2n) is 8.09. The molecule has 0 heterocycles. The van der Waals surface area contributed by atoms with Crippen LogP contribution in [0.3, 0.4) is 0 Å². The van der Waals surface area contributed by atoms with E-state index < -0.39 is 34.3 Å². The van der Waals surface area contributed by atoms with Gasteiger partial charge in [0, 0.05) is 11.8 Å². The molecule has 38 heavy (non-hydrogen) atoms. The minimum Gasteiger partial charge on any atom is -0.493 e. The van der Waals surface area contributed by atoms with Crippen LogP contribution in [0.25, 0.3) is 0 Å². The van der Waals surface area contributed by atoms with Crippen molar-refractivity contribution >= 4 is 33.3 Å². The predicted molar refractivity (Wildman–Crippen MR) is 141 cm³/mol. The van der Waals surface area contributed by atoms with Gasteiger partial charge in [0.15, 0.2) is 11.5 Å². The van der Waals surface area contributed by atoms with Gasteiger partial charge in [-0.1, -0.05) is 25.5 Å². The molecule has 0 saturated carbocycles. The van der Waals surface area contributed by atoms with Crippen LogP contribution < -0.4 is 19.1 Å². The third kappa shape index (κ3) is 6.80. The molecule has 11 heteroatoms. The Bertz CT molecular complexity index is 1380. The maximum atomic E-state index is 14.7. The molecule has 0 bridgehead atoms. The third-order valence-electron chi connectivity index (χ3n) is 5.49. The van der Waals surface area contributed by atoms with Crippen LogP contribution in [0.5, 0.6) is 11.5 Å². The van der Waals surface area contributed by atoms with Crippen LogP contribution in [-0.2, 0) is 19.6 Å². The Labute approximate surface area is 221 Å². The molecule has 3 aromatic rings. The molecule has 0 spiro atoms. The molecule has 9 nitrogen and oxygen atoms in total. The van der Waals surface area contributed by atoms with Gasteiger partial charge >= 0.3 is 5.97 Å². The van der Waals surface area contributed by atoms with E-state index in [9.17, 15) is 22.4 Å². The highest BCUT2D eigenvalue weighted by molar-refractivity contribution is 7.92. The van der Waals surface area contributed by atoms with Gasteiger partial charge in [-0.3, -0.25) is 9.10 Å². The van der Waals surface area contributed by atoms with Crippen molar-refractivity contribution in [3.63, 3.8) is 0 Å². The summed E-state index contributed by atoms with van der Waals surface area (Å²) in [4.78, 5) is 24.8. The number of methoxy groups -OCH3 is 2. The van der Waals surface area contributed by atoms with Crippen LogP contribution in [0.15, 0.2) is 71.6 Å². The molecule has 0 aromatic heterocycles. The van der Waals surface area contributed by atoms with Crippen LogP contribution >= 0.6 is 0 Å². The highest BCUT2D eigenvalue weighted by atomic mass is 32.2. The van der Waals surface area contributed by atoms with E-state index in [2.05, 4.69) is 5.32 Å². The minimum absolute atomic E-state index is 0.153. The summed E-state index contributed by atoms with van der Waals surface area (Å²) in [5.41, 5.74) is 0.322. The number of ether oxygens (including phenoxy) is 3. The highest BCUT2D eigenvalue weighted by Crippen LogP contribution is 2.33. The largest absolute Gasteiger partial charge is 0.493 e. The van der Waals surface area contributed by atoms with E-state index in [1.807, 2.05) is 6.92 Å². The number of sulfonamides is 1. The number of halogens is 1. The van der Waals surface area contributed by atoms with E-state index in [0.29, 0.717) is 27.9 Å². The van der Waals surface area contributed by atoms with Gasteiger partial charge < -0.3 is 19.5 Å². The van der Waals surface area contributed by atoms with Crippen molar-refractivity contribution in [1.82, 2.24) is 0 Å². The Morgan fingerprint density at radius 2 is 1.63 bits per heavy atom. The van der Waals surface area contributed by atoms with E-state index in [1.54, 1.807) is 0 Å². The first kappa shape index (κ1) is 28.5. The molecule has 0 fully saturated rings. The van der Waals surface area contributed by atoms with Crippen molar-refractivity contribution < 1.29 is 36.6 Å². The average Bonchev–Trinajstić information content (AvgIpc) is 2.92. The van der Waals surface area contributed by atoms with E-state index in [-0.39, 0.29) is 16.3 Å². The monoisotopic (exact) mass is 544 g/mol. The summed E-state index contributed by atoms with van der Waals surface area (Å²) in [5.74, 6) is -1.58. The number of benzene rings is 3. The maximum absolute atomic E-state index is 14.7. The van der Waals surface area contributed by atoms with Gasteiger partial charge in [0.1, 0.15) is 12.4 Å². The van der Waals surface area contributed by atoms with E-state index >= 15 is 0 Å². The first-order valence-corrected chi connectivity index (χ1v) is 13.2. The summed E-state index contributed by atoms with van der Waals surface area (Å²) in [6.45, 7) is 1.57. The number of carbonyl (C=O) groups is 2. The summed E-state index contributed by atoms with van der Waals surface area (Å²) in [6.07, 6.45) is 1.65. The van der Waals surface area contributed by atoms with Gasteiger partial charge in [-0.2, -0.15) is 0 Å². The molecule has 0 atom stereocenters. The normalized spacial score (nSPS) is 10.9. The molecular weight excluding hydrogens is 515 g/mol. The number of nitrogens with zero attached hydrogens (tertiary/aromatic N) is 1. The molecule has 202 valence electrons. The Balaban J connectivity index is 1.85. The number of hydrogen-bond donors (Lipinski definition) is 1. The molecule has 0 aliphatic rings. The lowest BCUT2D eigenvalue weighted by molar-refractivity contribution is -0.114. The van der Waals surface area contributed by atoms with Crippen LogP contribution in [-0.4, -0.2) is 47.7 Å². The molecule has 0 saturated heterocycles. The molecule has 3 rings (SSSR count). The SMILES string of the molecule is CCCCOC(=O)c1ccc(NC(=O)CN(c2ccccc2F)S(=O)(=O)c2ccc(OC)c(OC)c2)cc1. The minimum atomic E-state index is -4.41. The van der Waals surface area contributed by atoms with Gasteiger partial charge in [0.25, 0.3) is 10.0 Å². The zero-order chi connectivity index (χ0) is 27.7. The van der Waals surface area contributed by atoms with E-state index in [1.165, 1.54) is 74.9 Å². The summed E-state index contributed by atoms with van der Waals surface area (Å²) < 4.78 is 58.1. The number of carbonyl (C=O) groups excluding carboxylic acids is 2. The van der Waals surface area contributed by atoms with Crippen LogP contribution in [0.1, 0.15) is 30.1 Å². The lowest BCUT2D eigenvalue weighted by Crippen LogP contribution is -2.38. The summed E-state index contributed by atoms with van der Waals surface area (Å²) in [6, 6.07) is 15.1. The first-order valence-electron chi connectivity index (χ1n) is 11.8. The Morgan fingerprint density at radius 1 is 0.947 bits per heavy atom. The van der Waals surface area contributed by atoms with Crippen molar-refractivity contribution in [3.8, 4) is 11.5 Å². The van der Waals surface area contributed by atoms with E-state index in [4.69, 9.17) is 14.2 Å². The third-order valence-corrected chi connectivity index (χ3v) is 7.24. The zero-order valence-corrected chi connectivity index (χ0v) is 22.1. The molecule has 0 unspecified atom stereocenters. The van der Waals surface area contributed by atoms with Gasteiger partial charge in [-0.25, -0.2) is 17.6 Å². The predicted octanol–water partition coefficient (Wildman–Crippen LogP) is 4.63. The Kier molecular flexibility index (Phi) is 9.66. The van der Waals surface area contributed by atoms with Crippen LogP contribution in [0, 0.1) is 5.82 Å². The number of nitrogens with one attached hydrogen (secondary N) is 1. The number of esters is 1. The second-order valence-corrected chi connectivity index (χ2v) is 9.96. The number of hydrogen-bond acceptors (Lipinski definition) is 7. The van der Waals surface area contributed by atoms with Gasteiger partial charge in [-0.15, -0.1) is 0 Å². The standard InChI is InChI=1S/C27H29FN2O7S/c1-4-5-16-37-27(32)19-10-12-20(13-11-19)29-26(31)18-30(23-9-7-6-8-22(23)28)38(33,34)21-14-15-24(35-2)25(17-21)36-3/h6-15,17H,4-5,16,18H2,1-3H3,(H,29,31). The van der Waals surface area contributed by atoms with Crippen molar-refractivity contribution in [2.45, 2.75) is 24.7 Å². The lowest BCUT2D eigenvalue weighted by atomic mass is 10.2. The lowest BCUT2D eigenvalue weighted by Gasteiger charge is -2.25.